The van der Waals surface area contributed by atoms with Crippen LogP contribution in [0.3, 0.4) is 0 Å². The van der Waals surface area contributed by atoms with Gasteiger partial charge in [0.1, 0.15) is 19.3 Å². The van der Waals surface area contributed by atoms with Crippen molar-refractivity contribution < 1.29 is 29.0 Å². The maximum atomic E-state index is 11.5. The number of carbonyl (C=O) groups excluding carboxylic acids is 1. The highest BCUT2D eigenvalue weighted by Crippen LogP contribution is 2.28. The number of rotatable bonds is 7. The molecule has 0 saturated carbocycles. The zero-order valence-electron chi connectivity index (χ0n) is 13.1. The van der Waals surface area contributed by atoms with Crippen molar-refractivity contribution in [3.8, 4) is 11.5 Å². The summed E-state index contributed by atoms with van der Waals surface area (Å²) in [4.78, 5) is 12.9. The molecule has 6 nitrogen and oxygen atoms in total. The number of benzene rings is 1. The molecule has 0 spiro atoms. The van der Waals surface area contributed by atoms with E-state index in [2.05, 4.69) is 4.74 Å². The number of nitrogens with one attached hydrogen (secondary N) is 1. The quantitative estimate of drug-likeness (QED) is 0.688. The maximum absolute atomic E-state index is 11.5. The van der Waals surface area contributed by atoms with Crippen molar-refractivity contribution in [2.75, 3.05) is 40.5 Å². The van der Waals surface area contributed by atoms with E-state index < -0.39 is 12.1 Å². The molecule has 1 aromatic rings. The van der Waals surface area contributed by atoms with E-state index in [4.69, 9.17) is 9.47 Å². The second kappa shape index (κ2) is 8.00. The molecule has 6 heteroatoms. The third-order valence-corrected chi connectivity index (χ3v) is 3.85. The third kappa shape index (κ3) is 4.35. The monoisotopic (exact) mass is 310 g/mol. The second-order valence-corrected chi connectivity index (χ2v) is 5.48. The highest BCUT2D eigenvalue weighted by Gasteiger charge is 2.20. The van der Waals surface area contributed by atoms with Gasteiger partial charge in [-0.1, -0.05) is 0 Å². The number of likely N-dealkylation sites (tertiary alicyclic amines) is 1. The van der Waals surface area contributed by atoms with Crippen LogP contribution in [0, 0.1) is 0 Å². The first-order valence-electron chi connectivity index (χ1n) is 7.55. The molecule has 1 atom stereocenters. The SMILES string of the molecule is COC(=O)c1ccc(OC[C@H](O)C[NH+]2CCCC2)c(OC)c1. The van der Waals surface area contributed by atoms with Gasteiger partial charge in [-0.15, -0.1) is 0 Å². The van der Waals surface area contributed by atoms with Crippen LogP contribution in [0.1, 0.15) is 23.2 Å². The van der Waals surface area contributed by atoms with Crippen LogP contribution < -0.4 is 14.4 Å². The van der Waals surface area contributed by atoms with Gasteiger partial charge in [-0.2, -0.15) is 0 Å². The van der Waals surface area contributed by atoms with E-state index in [1.54, 1.807) is 18.2 Å². The molecule has 0 aliphatic carbocycles. The minimum atomic E-state index is -0.516. The average Bonchev–Trinajstić information content (AvgIpc) is 3.04. The van der Waals surface area contributed by atoms with Gasteiger partial charge in [-0.25, -0.2) is 4.79 Å². The number of hydrogen-bond acceptors (Lipinski definition) is 5. The fourth-order valence-corrected chi connectivity index (χ4v) is 2.69. The lowest BCUT2D eigenvalue weighted by molar-refractivity contribution is -0.890. The predicted octanol–water partition coefficient (Wildman–Crippen LogP) is -0.0998. The predicted molar refractivity (Wildman–Crippen MR) is 80.6 cm³/mol. The highest BCUT2D eigenvalue weighted by molar-refractivity contribution is 5.90. The molecule has 1 fully saturated rings. The Hall–Kier alpha value is -1.79. The molecule has 122 valence electrons. The van der Waals surface area contributed by atoms with E-state index in [1.165, 1.54) is 32.0 Å². The Morgan fingerprint density at radius 3 is 2.64 bits per heavy atom. The number of esters is 1. The lowest BCUT2D eigenvalue weighted by Gasteiger charge is -2.18. The van der Waals surface area contributed by atoms with E-state index >= 15 is 0 Å². The van der Waals surface area contributed by atoms with E-state index in [-0.39, 0.29) is 6.61 Å². The molecular weight excluding hydrogens is 286 g/mol. The fraction of sp³-hybridized carbons (Fsp3) is 0.562. The second-order valence-electron chi connectivity index (χ2n) is 5.48. The largest absolute Gasteiger partial charge is 0.493 e. The molecule has 2 N–H and O–H groups in total. The molecule has 0 unspecified atom stereocenters. The highest BCUT2D eigenvalue weighted by atomic mass is 16.5. The number of aliphatic hydroxyl groups is 1. The van der Waals surface area contributed by atoms with Gasteiger partial charge < -0.3 is 24.2 Å². The topological polar surface area (TPSA) is 69.4 Å². The fourth-order valence-electron chi connectivity index (χ4n) is 2.69. The zero-order valence-corrected chi connectivity index (χ0v) is 13.1. The molecule has 22 heavy (non-hydrogen) atoms. The van der Waals surface area contributed by atoms with Gasteiger partial charge in [0.15, 0.2) is 11.5 Å². The van der Waals surface area contributed by atoms with Crippen LogP contribution in [0.15, 0.2) is 18.2 Å². The first-order valence-corrected chi connectivity index (χ1v) is 7.55. The van der Waals surface area contributed by atoms with E-state index in [1.807, 2.05) is 0 Å². The molecule has 0 bridgehead atoms. The first kappa shape index (κ1) is 16.6. The number of ether oxygens (including phenoxy) is 3. The van der Waals surface area contributed by atoms with Crippen LogP contribution >= 0.6 is 0 Å². The Bertz CT molecular complexity index is 499. The Morgan fingerprint density at radius 2 is 2.00 bits per heavy atom. The van der Waals surface area contributed by atoms with Crippen LogP contribution in [0.2, 0.25) is 0 Å². The summed E-state index contributed by atoms with van der Waals surface area (Å²) in [5.41, 5.74) is 0.397. The number of aliphatic hydroxyl groups excluding tert-OH is 1. The molecule has 1 aliphatic rings. The Balaban J connectivity index is 1.92. The summed E-state index contributed by atoms with van der Waals surface area (Å²) in [6.07, 6.45) is 1.94. The van der Waals surface area contributed by atoms with Gasteiger partial charge in [0.2, 0.25) is 0 Å². The lowest BCUT2D eigenvalue weighted by atomic mass is 10.2. The Kier molecular flexibility index (Phi) is 6.03. The van der Waals surface area contributed by atoms with Crippen LogP contribution in [0.25, 0.3) is 0 Å². The molecule has 1 saturated heterocycles. The van der Waals surface area contributed by atoms with Gasteiger partial charge in [0, 0.05) is 12.8 Å². The molecule has 0 amide bonds. The zero-order chi connectivity index (χ0) is 15.9. The Morgan fingerprint density at radius 1 is 1.27 bits per heavy atom. The molecule has 0 radical (unpaired) electrons. The van der Waals surface area contributed by atoms with Gasteiger partial charge in [-0.05, 0) is 18.2 Å². The van der Waals surface area contributed by atoms with Gasteiger partial charge in [0.25, 0.3) is 0 Å². The van der Waals surface area contributed by atoms with Gasteiger partial charge >= 0.3 is 5.97 Å². The summed E-state index contributed by atoms with van der Waals surface area (Å²) >= 11 is 0. The standard InChI is InChI=1S/C16H23NO5/c1-20-15-9-12(16(19)21-2)5-6-14(15)22-11-13(18)10-17-7-3-4-8-17/h5-6,9,13,18H,3-4,7-8,10-11H2,1-2H3/p+1/t13-/m1/s1. The van der Waals surface area contributed by atoms with E-state index in [0.29, 0.717) is 23.6 Å². The van der Waals surface area contributed by atoms with Crippen molar-refractivity contribution in [2.24, 2.45) is 0 Å². The summed E-state index contributed by atoms with van der Waals surface area (Å²) in [5.74, 6) is 0.525. The molecule has 1 aromatic carbocycles. The average molecular weight is 310 g/mol. The number of methoxy groups -OCH3 is 2. The smallest absolute Gasteiger partial charge is 0.337 e. The van der Waals surface area contributed by atoms with Crippen molar-refractivity contribution in [1.29, 1.82) is 0 Å². The van der Waals surface area contributed by atoms with Gasteiger partial charge in [0.05, 0.1) is 32.9 Å². The van der Waals surface area contributed by atoms with Crippen LogP contribution in [0.5, 0.6) is 11.5 Å². The van der Waals surface area contributed by atoms with Crippen molar-refractivity contribution in [2.45, 2.75) is 18.9 Å². The summed E-state index contributed by atoms with van der Waals surface area (Å²) in [5, 5.41) is 10.1. The summed E-state index contributed by atoms with van der Waals surface area (Å²) in [7, 11) is 2.84. The van der Waals surface area contributed by atoms with Crippen LogP contribution in [-0.4, -0.2) is 57.6 Å². The van der Waals surface area contributed by atoms with Crippen molar-refractivity contribution in [1.82, 2.24) is 0 Å². The minimum Gasteiger partial charge on any atom is -0.493 e. The minimum absolute atomic E-state index is 0.206. The Labute approximate surface area is 130 Å². The number of quaternary nitrogens is 1. The van der Waals surface area contributed by atoms with Crippen molar-refractivity contribution in [3.05, 3.63) is 23.8 Å². The van der Waals surface area contributed by atoms with Gasteiger partial charge in [-0.3, -0.25) is 0 Å². The summed E-state index contributed by atoms with van der Waals surface area (Å²) < 4.78 is 15.5. The first-order chi connectivity index (χ1) is 10.6. The maximum Gasteiger partial charge on any atom is 0.337 e. The summed E-state index contributed by atoms with van der Waals surface area (Å²) in [6.45, 7) is 3.14. The molecule has 0 aromatic heterocycles. The number of hydrogen-bond donors (Lipinski definition) is 2. The van der Waals surface area contributed by atoms with E-state index in [0.717, 1.165) is 13.1 Å². The molecule has 1 aliphatic heterocycles. The van der Waals surface area contributed by atoms with Crippen molar-refractivity contribution in [3.63, 3.8) is 0 Å². The molecule has 2 rings (SSSR count). The summed E-state index contributed by atoms with van der Waals surface area (Å²) in [6, 6.07) is 4.83. The molecule has 1 heterocycles. The molecular formula is C16H24NO5+. The van der Waals surface area contributed by atoms with Crippen LogP contribution in [-0.2, 0) is 4.74 Å². The number of carbonyl (C=O) groups is 1. The van der Waals surface area contributed by atoms with Crippen molar-refractivity contribution >= 4 is 5.97 Å². The lowest BCUT2D eigenvalue weighted by Crippen LogP contribution is -3.11. The van der Waals surface area contributed by atoms with E-state index in [9.17, 15) is 9.90 Å². The normalized spacial score (nSPS) is 16.3. The third-order valence-electron chi connectivity index (χ3n) is 3.85. The van der Waals surface area contributed by atoms with Crippen LogP contribution in [0.4, 0.5) is 0 Å².